The van der Waals surface area contributed by atoms with E-state index in [2.05, 4.69) is 28.7 Å². The van der Waals surface area contributed by atoms with Gasteiger partial charge in [0.2, 0.25) is 0 Å². The maximum absolute atomic E-state index is 9.40. The van der Waals surface area contributed by atoms with Crippen LogP contribution >= 0.6 is 0 Å². The first-order valence-corrected chi connectivity index (χ1v) is 9.99. The van der Waals surface area contributed by atoms with Crippen LogP contribution in [-0.2, 0) is 0 Å². The van der Waals surface area contributed by atoms with Crippen molar-refractivity contribution < 1.29 is 4.74 Å². The van der Waals surface area contributed by atoms with E-state index in [4.69, 9.17) is 4.74 Å². The van der Waals surface area contributed by atoms with Gasteiger partial charge in [-0.05, 0) is 82.3 Å². The molecule has 1 spiro atoms. The van der Waals surface area contributed by atoms with E-state index in [9.17, 15) is 5.26 Å². The number of benzene rings is 1. The summed E-state index contributed by atoms with van der Waals surface area (Å²) in [7, 11) is 2.17. The number of piperidine rings is 1. The zero-order valence-corrected chi connectivity index (χ0v) is 15.8. The molecule has 2 saturated heterocycles. The van der Waals surface area contributed by atoms with Crippen LogP contribution in [0.4, 0.5) is 5.69 Å². The van der Waals surface area contributed by atoms with Crippen molar-refractivity contribution in [2.45, 2.75) is 38.1 Å². The molecule has 3 aliphatic rings. The predicted molar refractivity (Wildman–Crippen MR) is 103 cm³/mol. The second-order valence-electron chi connectivity index (χ2n) is 8.56. The van der Waals surface area contributed by atoms with E-state index in [1.54, 1.807) is 0 Å². The maximum atomic E-state index is 9.40. The van der Waals surface area contributed by atoms with Gasteiger partial charge < -0.3 is 20.3 Å². The number of ether oxygens (including phenoxy) is 1. The molecule has 5 nitrogen and oxygen atoms in total. The SMILES string of the molecule is CN1CCC(COc2cc(NC3CC4(CCNC4)C3)ccc2C#N)CC1. The van der Waals surface area contributed by atoms with Crippen molar-refractivity contribution >= 4 is 5.69 Å². The average molecular weight is 354 g/mol. The number of rotatable bonds is 5. The van der Waals surface area contributed by atoms with Crippen LogP contribution in [0.3, 0.4) is 0 Å². The van der Waals surface area contributed by atoms with Crippen LogP contribution in [0.15, 0.2) is 18.2 Å². The van der Waals surface area contributed by atoms with Gasteiger partial charge in [0.15, 0.2) is 0 Å². The van der Waals surface area contributed by atoms with Crippen molar-refractivity contribution in [3.8, 4) is 11.8 Å². The van der Waals surface area contributed by atoms with E-state index in [-0.39, 0.29) is 0 Å². The molecule has 4 rings (SSSR count). The standard InChI is InChI=1S/C21H30N4O/c1-25-8-4-16(5-9-25)14-26-20-10-18(3-2-17(20)13-22)24-19-11-21(12-19)6-7-23-15-21/h2-3,10,16,19,23-24H,4-9,11-12,14-15H2,1H3. The highest BCUT2D eigenvalue weighted by Gasteiger charge is 2.45. The average Bonchev–Trinajstić information content (AvgIpc) is 3.11. The first-order chi connectivity index (χ1) is 12.7. The van der Waals surface area contributed by atoms with Gasteiger partial charge in [-0.2, -0.15) is 5.26 Å². The molecule has 0 unspecified atom stereocenters. The number of nitrogens with one attached hydrogen (secondary N) is 2. The van der Waals surface area contributed by atoms with Crippen LogP contribution in [0, 0.1) is 22.7 Å². The molecule has 0 aromatic heterocycles. The van der Waals surface area contributed by atoms with Gasteiger partial charge in [-0.15, -0.1) is 0 Å². The Morgan fingerprint density at radius 2 is 2.15 bits per heavy atom. The summed E-state index contributed by atoms with van der Waals surface area (Å²) in [5.74, 6) is 1.32. The number of nitriles is 1. The predicted octanol–water partition coefficient (Wildman–Crippen LogP) is 2.83. The number of hydrogen-bond acceptors (Lipinski definition) is 5. The second-order valence-corrected chi connectivity index (χ2v) is 8.56. The molecule has 3 fully saturated rings. The van der Waals surface area contributed by atoms with Gasteiger partial charge in [0.05, 0.1) is 12.2 Å². The molecule has 0 bridgehead atoms. The molecule has 26 heavy (non-hydrogen) atoms. The van der Waals surface area contributed by atoms with Gasteiger partial charge >= 0.3 is 0 Å². The summed E-state index contributed by atoms with van der Waals surface area (Å²) in [4.78, 5) is 2.37. The van der Waals surface area contributed by atoms with Crippen LogP contribution in [0.1, 0.15) is 37.7 Å². The van der Waals surface area contributed by atoms with Gasteiger partial charge in [0.1, 0.15) is 11.8 Å². The van der Waals surface area contributed by atoms with E-state index in [1.807, 2.05) is 18.2 Å². The Kier molecular flexibility index (Phi) is 5.06. The van der Waals surface area contributed by atoms with Gasteiger partial charge in [0, 0.05) is 24.3 Å². The number of nitrogens with zero attached hydrogens (tertiary/aromatic N) is 2. The molecular formula is C21H30N4O. The van der Waals surface area contributed by atoms with Crippen LogP contribution in [0.25, 0.3) is 0 Å². The number of anilines is 1. The molecule has 5 heteroatoms. The monoisotopic (exact) mass is 354 g/mol. The van der Waals surface area contributed by atoms with E-state index in [1.165, 1.54) is 45.2 Å². The minimum Gasteiger partial charge on any atom is -0.492 e. The highest BCUT2D eigenvalue weighted by atomic mass is 16.5. The van der Waals surface area contributed by atoms with Crippen molar-refractivity contribution in [1.29, 1.82) is 5.26 Å². The summed E-state index contributed by atoms with van der Waals surface area (Å²) in [6.07, 6.45) is 6.14. The molecule has 2 aliphatic heterocycles. The van der Waals surface area contributed by atoms with E-state index in [0.717, 1.165) is 24.5 Å². The molecule has 0 atom stereocenters. The first kappa shape index (κ1) is 17.6. The minimum absolute atomic E-state index is 0.539. The molecule has 1 saturated carbocycles. The Hall–Kier alpha value is -1.77. The van der Waals surface area contributed by atoms with E-state index >= 15 is 0 Å². The summed E-state index contributed by atoms with van der Waals surface area (Å²) in [6, 6.07) is 8.73. The van der Waals surface area contributed by atoms with Gasteiger partial charge in [-0.3, -0.25) is 0 Å². The molecule has 1 aromatic rings. The lowest BCUT2D eigenvalue weighted by atomic mass is 9.65. The first-order valence-electron chi connectivity index (χ1n) is 9.99. The largest absolute Gasteiger partial charge is 0.492 e. The molecule has 0 amide bonds. The quantitative estimate of drug-likeness (QED) is 0.851. The van der Waals surface area contributed by atoms with Crippen molar-refractivity contribution in [2.24, 2.45) is 11.3 Å². The Bertz CT molecular complexity index is 661. The second kappa shape index (κ2) is 7.46. The summed E-state index contributed by atoms with van der Waals surface area (Å²) in [5, 5.41) is 16.5. The number of hydrogen-bond donors (Lipinski definition) is 2. The highest BCUT2D eigenvalue weighted by Crippen LogP contribution is 2.46. The van der Waals surface area contributed by atoms with E-state index in [0.29, 0.717) is 29.5 Å². The van der Waals surface area contributed by atoms with Crippen molar-refractivity contribution in [1.82, 2.24) is 10.2 Å². The highest BCUT2D eigenvalue weighted by molar-refractivity contribution is 5.56. The van der Waals surface area contributed by atoms with Crippen molar-refractivity contribution in [3.05, 3.63) is 23.8 Å². The topological polar surface area (TPSA) is 60.3 Å². The molecule has 2 heterocycles. The molecule has 0 radical (unpaired) electrons. The molecular weight excluding hydrogens is 324 g/mol. The summed E-state index contributed by atoms with van der Waals surface area (Å²) < 4.78 is 6.08. The third-order valence-corrected chi connectivity index (χ3v) is 6.48. The van der Waals surface area contributed by atoms with E-state index < -0.39 is 0 Å². The molecule has 1 aromatic carbocycles. The van der Waals surface area contributed by atoms with Gasteiger partial charge in [-0.25, -0.2) is 0 Å². The fourth-order valence-corrected chi connectivity index (χ4v) is 4.73. The smallest absolute Gasteiger partial charge is 0.139 e. The summed E-state index contributed by atoms with van der Waals surface area (Å²) in [6.45, 7) is 5.32. The summed E-state index contributed by atoms with van der Waals surface area (Å²) >= 11 is 0. The maximum Gasteiger partial charge on any atom is 0.139 e. The molecule has 140 valence electrons. The van der Waals surface area contributed by atoms with Crippen LogP contribution in [0.5, 0.6) is 5.75 Å². The third-order valence-electron chi connectivity index (χ3n) is 6.48. The Labute approximate surface area is 156 Å². The Morgan fingerprint density at radius 3 is 2.85 bits per heavy atom. The van der Waals surface area contributed by atoms with Gasteiger partial charge in [-0.1, -0.05) is 0 Å². The van der Waals surface area contributed by atoms with Crippen LogP contribution in [0.2, 0.25) is 0 Å². The molecule has 2 N–H and O–H groups in total. The number of likely N-dealkylation sites (tertiary alicyclic amines) is 1. The minimum atomic E-state index is 0.539. The normalized spacial score (nSPS) is 29.3. The lowest BCUT2D eigenvalue weighted by Gasteiger charge is -2.45. The zero-order chi connectivity index (χ0) is 18.0. The Morgan fingerprint density at radius 1 is 1.35 bits per heavy atom. The van der Waals surface area contributed by atoms with Crippen LogP contribution < -0.4 is 15.4 Å². The third kappa shape index (κ3) is 3.82. The Balaban J connectivity index is 1.34. The zero-order valence-electron chi connectivity index (χ0n) is 15.8. The van der Waals surface area contributed by atoms with Gasteiger partial charge in [0.25, 0.3) is 0 Å². The lowest BCUT2D eigenvalue weighted by Crippen LogP contribution is -2.46. The van der Waals surface area contributed by atoms with Crippen LogP contribution in [-0.4, -0.2) is 50.8 Å². The van der Waals surface area contributed by atoms with Crippen molar-refractivity contribution in [3.63, 3.8) is 0 Å². The fourth-order valence-electron chi connectivity index (χ4n) is 4.73. The molecule has 1 aliphatic carbocycles. The lowest BCUT2D eigenvalue weighted by molar-refractivity contribution is 0.142. The summed E-state index contributed by atoms with van der Waals surface area (Å²) in [5.41, 5.74) is 2.25. The fraction of sp³-hybridized carbons (Fsp3) is 0.667. The van der Waals surface area contributed by atoms with Crippen molar-refractivity contribution in [2.75, 3.05) is 45.2 Å².